The van der Waals surface area contributed by atoms with Crippen LogP contribution in [0.4, 0.5) is 0 Å². The van der Waals surface area contributed by atoms with E-state index in [4.69, 9.17) is 4.74 Å². The van der Waals surface area contributed by atoms with Crippen molar-refractivity contribution in [1.82, 2.24) is 0 Å². The maximum absolute atomic E-state index is 11.6. The van der Waals surface area contributed by atoms with Crippen molar-refractivity contribution < 1.29 is 19.1 Å². The van der Waals surface area contributed by atoms with Crippen LogP contribution in [0.3, 0.4) is 0 Å². The fourth-order valence-corrected chi connectivity index (χ4v) is 1.73. The summed E-state index contributed by atoms with van der Waals surface area (Å²) in [5.74, 6) is 0.732. The lowest BCUT2D eigenvalue weighted by Crippen LogP contribution is -2.04. The molecule has 0 amide bonds. The molecule has 0 saturated carbocycles. The maximum Gasteiger partial charge on any atom is 0.305 e. The molecule has 0 radical (unpaired) electrons. The van der Waals surface area contributed by atoms with E-state index < -0.39 is 0 Å². The number of ketones is 1. The van der Waals surface area contributed by atoms with Gasteiger partial charge in [0.2, 0.25) is 0 Å². The predicted molar refractivity (Wildman–Crippen MR) is 72.2 cm³/mol. The minimum absolute atomic E-state index is 0.180. The highest BCUT2D eigenvalue weighted by atomic mass is 16.5. The van der Waals surface area contributed by atoms with Gasteiger partial charge in [-0.05, 0) is 30.5 Å². The van der Waals surface area contributed by atoms with Gasteiger partial charge < -0.3 is 9.47 Å². The van der Waals surface area contributed by atoms with Gasteiger partial charge in [-0.25, -0.2) is 0 Å². The van der Waals surface area contributed by atoms with Gasteiger partial charge >= 0.3 is 5.97 Å². The van der Waals surface area contributed by atoms with Crippen LogP contribution < -0.4 is 4.74 Å². The molecule has 1 rings (SSSR count). The normalized spacial score (nSPS) is 10.0. The Morgan fingerprint density at radius 2 is 1.68 bits per heavy atom. The highest BCUT2D eigenvalue weighted by molar-refractivity contribution is 5.79. The molecule has 0 bridgehead atoms. The van der Waals surface area contributed by atoms with Gasteiger partial charge in [0.05, 0.1) is 14.2 Å². The highest BCUT2D eigenvalue weighted by Gasteiger charge is 2.06. The average molecular weight is 264 g/mol. The summed E-state index contributed by atoms with van der Waals surface area (Å²) in [4.78, 5) is 22.5. The Morgan fingerprint density at radius 1 is 1.00 bits per heavy atom. The van der Waals surface area contributed by atoms with E-state index in [-0.39, 0.29) is 11.8 Å². The summed E-state index contributed by atoms with van der Waals surface area (Å²) in [7, 11) is 2.98. The number of ether oxygens (including phenoxy) is 2. The quantitative estimate of drug-likeness (QED) is 0.677. The first-order valence-electron chi connectivity index (χ1n) is 6.37. The minimum atomic E-state index is -0.261. The summed E-state index contributed by atoms with van der Waals surface area (Å²) in [6.07, 6.45) is 2.54. The van der Waals surface area contributed by atoms with Crippen molar-refractivity contribution in [3.05, 3.63) is 29.8 Å². The van der Waals surface area contributed by atoms with E-state index in [1.165, 1.54) is 7.11 Å². The topological polar surface area (TPSA) is 52.6 Å². The fraction of sp³-hybridized carbons (Fsp3) is 0.467. The SMILES string of the molecule is COC(=O)CCCC(=O)CCc1ccc(OC)cc1. The van der Waals surface area contributed by atoms with Crippen molar-refractivity contribution >= 4 is 11.8 Å². The monoisotopic (exact) mass is 264 g/mol. The summed E-state index contributed by atoms with van der Waals surface area (Å²) in [6, 6.07) is 7.69. The van der Waals surface area contributed by atoms with Crippen LogP contribution >= 0.6 is 0 Å². The van der Waals surface area contributed by atoms with E-state index in [1.807, 2.05) is 24.3 Å². The third kappa shape index (κ3) is 6.04. The molecule has 1 aromatic rings. The molecule has 0 aliphatic rings. The zero-order valence-corrected chi connectivity index (χ0v) is 11.5. The van der Waals surface area contributed by atoms with Gasteiger partial charge in [0.1, 0.15) is 11.5 Å². The third-order valence-electron chi connectivity index (χ3n) is 2.92. The lowest BCUT2D eigenvalue weighted by Gasteiger charge is -2.03. The van der Waals surface area contributed by atoms with Crippen molar-refractivity contribution in [1.29, 1.82) is 0 Å². The second kappa shape index (κ2) is 8.29. The van der Waals surface area contributed by atoms with Gasteiger partial charge in [0.25, 0.3) is 0 Å². The Labute approximate surface area is 113 Å². The summed E-state index contributed by atoms with van der Waals surface area (Å²) in [5.41, 5.74) is 1.11. The molecule has 0 heterocycles. The van der Waals surface area contributed by atoms with E-state index in [0.717, 1.165) is 17.7 Å². The van der Waals surface area contributed by atoms with Crippen LogP contribution in [0.2, 0.25) is 0 Å². The molecule has 104 valence electrons. The molecule has 0 aliphatic heterocycles. The van der Waals surface area contributed by atoms with Crippen molar-refractivity contribution in [2.24, 2.45) is 0 Å². The van der Waals surface area contributed by atoms with Crippen molar-refractivity contribution in [3.63, 3.8) is 0 Å². The molecule has 0 aliphatic carbocycles. The van der Waals surface area contributed by atoms with Gasteiger partial charge in [0.15, 0.2) is 0 Å². The van der Waals surface area contributed by atoms with Gasteiger partial charge in [-0.3, -0.25) is 9.59 Å². The van der Waals surface area contributed by atoms with E-state index in [9.17, 15) is 9.59 Å². The first-order chi connectivity index (χ1) is 9.15. The highest BCUT2D eigenvalue weighted by Crippen LogP contribution is 2.13. The Morgan fingerprint density at radius 3 is 2.26 bits per heavy atom. The van der Waals surface area contributed by atoms with Crippen LogP contribution in [0, 0.1) is 0 Å². The zero-order chi connectivity index (χ0) is 14.1. The number of carbonyl (C=O) groups is 2. The second-order valence-corrected chi connectivity index (χ2v) is 4.32. The molecule has 0 unspecified atom stereocenters. The zero-order valence-electron chi connectivity index (χ0n) is 11.5. The average Bonchev–Trinajstić information content (AvgIpc) is 2.45. The van der Waals surface area contributed by atoms with Crippen molar-refractivity contribution in [2.45, 2.75) is 32.1 Å². The molecule has 0 fully saturated rings. The minimum Gasteiger partial charge on any atom is -0.497 e. The van der Waals surface area contributed by atoms with Gasteiger partial charge in [-0.1, -0.05) is 12.1 Å². The molecule has 0 N–H and O–H groups in total. The summed E-state index contributed by atoms with van der Waals surface area (Å²) < 4.78 is 9.59. The number of methoxy groups -OCH3 is 2. The molecule has 1 aromatic carbocycles. The lowest BCUT2D eigenvalue weighted by atomic mass is 10.0. The Balaban J connectivity index is 2.23. The Hall–Kier alpha value is -1.84. The van der Waals surface area contributed by atoms with Crippen molar-refractivity contribution in [3.8, 4) is 5.75 Å². The molecular weight excluding hydrogens is 244 g/mol. The molecule has 0 aromatic heterocycles. The number of esters is 1. The lowest BCUT2D eigenvalue weighted by molar-refractivity contribution is -0.140. The van der Waals surface area contributed by atoms with E-state index in [2.05, 4.69) is 4.74 Å². The van der Waals surface area contributed by atoms with Crippen LogP contribution in [0.15, 0.2) is 24.3 Å². The number of rotatable bonds is 8. The summed E-state index contributed by atoms with van der Waals surface area (Å²) in [5, 5.41) is 0. The number of benzene rings is 1. The van der Waals surface area contributed by atoms with Gasteiger partial charge in [-0.15, -0.1) is 0 Å². The van der Waals surface area contributed by atoms with Crippen LogP contribution in [0.5, 0.6) is 5.75 Å². The fourth-order valence-electron chi connectivity index (χ4n) is 1.73. The number of carbonyl (C=O) groups excluding carboxylic acids is 2. The van der Waals surface area contributed by atoms with Crippen molar-refractivity contribution in [2.75, 3.05) is 14.2 Å². The number of Topliss-reactive ketones (excluding diaryl/α,β-unsaturated/α-hetero) is 1. The van der Waals surface area contributed by atoms with Crippen LogP contribution in [0.25, 0.3) is 0 Å². The summed E-state index contributed by atoms with van der Waals surface area (Å²) >= 11 is 0. The Kier molecular flexibility index (Phi) is 6.64. The molecule has 0 atom stereocenters. The van der Waals surface area contributed by atoms with E-state index >= 15 is 0 Å². The second-order valence-electron chi connectivity index (χ2n) is 4.32. The molecular formula is C15H20O4. The van der Waals surface area contributed by atoms with Gasteiger partial charge in [-0.2, -0.15) is 0 Å². The number of hydrogen-bond donors (Lipinski definition) is 0. The largest absolute Gasteiger partial charge is 0.497 e. The summed E-state index contributed by atoms with van der Waals surface area (Å²) in [6.45, 7) is 0. The predicted octanol–water partition coefficient (Wildman–Crippen LogP) is 2.54. The molecule has 4 heteroatoms. The van der Waals surface area contributed by atoms with E-state index in [0.29, 0.717) is 25.7 Å². The maximum atomic E-state index is 11.6. The smallest absolute Gasteiger partial charge is 0.305 e. The first-order valence-corrected chi connectivity index (χ1v) is 6.37. The Bertz CT molecular complexity index is 409. The van der Waals surface area contributed by atoms with Crippen LogP contribution in [-0.2, 0) is 20.7 Å². The number of aryl methyl sites for hydroxylation is 1. The first kappa shape index (κ1) is 15.2. The van der Waals surface area contributed by atoms with Crippen LogP contribution in [0.1, 0.15) is 31.2 Å². The van der Waals surface area contributed by atoms with E-state index in [1.54, 1.807) is 7.11 Å². The standard InChI is InChI=1S/C15H20O4/c1-18-14-10-7-12(8-11-14)6-9-13(16)4-3-5-15(17)19-2/h7-8,10-11H,3-6,9H2,1-2H3. The molecule has 4 nitrogen and oxygen atoms in total. The van der Waals surface area contributed by atoms with Gasteiger partial charge in [0, 0.05) is 19.3 Å². The van der Waals surface area contributed by atoms with Crippen LogP contribution in [-0.4, -0.2) is 26.0 Å². The third-order valence-corrected chi connectivity index (χ3v) is 2.92. The number of hydrogen-bond acceptors (Lipinski definition) is 4. The molecule has 19 heavy (non-hydrogen) atoms. The molecule has 0 saturated heterocycles. The molecule has 0 spiro atoms.